The number of fused-ring (bicyclic) bond motifs is 1. The summed E-state index contributed by atoms with van der Waals surface area (Å²) in [7, 11) is 0. The molecule has 3 rings (SSSR count). The number of nitro benzene ring substituents is 1. The van der Waals surface area contributed by atoms with Gasteiger partial charge in [0.2, 0.25) is 0 Å². The molecule has 0 bridgehead atoms. The van der Waals surface area contributed by atoms with Crippen LogP contribution in [0.15, 0.2) is 29.1 Å². The summed E-state index contributed by atoms with van der Waals surface area (Å²) in [6, 6.07) is 5.97. The van der Waals surface area contributed by atoms with E-state index in [1.165, 1.54) is 16.7 Å². The molecule has 8 nitrogen and oxygen atoms in total. The lowest BCUT2D eigenvalue weighted by Gasteiger charge is -2.10. The molecule has 0 spiro atoms. The zero-order valence-electron chi connectivity index (χ0n) is 14.3. The van der Waals surface area contributed by atoms with Crippen molar-refractivity contribution in [1.29, 1.82) is 0 Å². The Bertz CT molecular complexity index is 1170. The van der Waals surface area contributed by atoms with Crippen LogP contribution < -0.4 is 11.3 Å². The lowest BCUT2D eigenvalue weighted by atomic mass is 10.1. The maximum Gasteiger partial charge on any atom is 0.269 e. The first-order valence-corrected chi connectivity index (χ1v) is 8.64. The fourth-order valence-corrected chi connectivity index (χ4v) is 3.84. The number of nitro groups is 1. The molecular formula is C18H14N4O4S. The highest BCUT2D eigenvalue weighted by atomic mass is 32.1. The molecule has 1 aromatic carbocycles. The van der Waals surface area contributed by atoms with Crippen LogP contribution in [-0.4, -0.2) is 20.4 Å². The molecule has 0 aliphatic carbocycles. The van der Waals surface area contributed by atoms with Crippen LogP contribution in [-0.2, 0) is 13.0 Å². The number of thiophene rings is 1. The van der Waals surface area contributed by atoms with Crippen molar-refractivity contribution < 1.29 is 9.72 Å². The van der Waals surface area contributed by atoms with E-state index in [9.17, 15) is 19.7 Å². The second-order valence-electron chi connectivity index (χ2n) is 5.82. The summed E-state index contributed by atoms with van der Waals surface area (Å²) in [6.45, 7) is 1.67. The lowest BCUT2D eigenvalue weighted by molar-refractivity contribution is -0.384. The monoisotopic (exact) mass is 382 g/mol. The van der Waals surface area contributed by atoms with Crippen molar-refractivity contribution in [2.24, 2.45) is 5.73 Å². The van der Waals surface area contributed by atoms with Crippen LogP contribution in [0.4, 0.5) is 5.69 Å². The van der Waals surface area contributed by atoms with Crippen molar-refractivity contribution in [3.8, 4) is 12.3 Å². The van der Waals surface area contributed by atoms with Crippen LogP contribution in [0.3, 0.4) is 0 Å². The summed E-state index contributed by atoms with van der Waals surface area (Å²) in [4.78, 5) is 40.0. The van der Waals surface area contributed by atoms with Gasteiger partial charge in [-0.15, -0.1) is 17.8 Å². The van der Waals surface area contributed by atoms with Crippen LogP contribution in [0.2, 0.25) is 0 Å². The zero-order valence-corrected chi connectivity index (χ0v) is 15.1. The van der Waals surface area contributed by atoms with Gasteiger partial charge >= 0.3 is 0 Å². The van der Waals surface area contributed by atoms with Gasteiger partial charge in [0.1, 0.15) is 10.7 Å². The third-order valence-electron chi connectivity index (χ3n) is 4.11. The van der Waals surface area contributed by atoms with E-state index < -0.39 is 10.8 Å². The first-order valence-electron chi connectivity index (χ1n) is 7.83. The van der Waals surface area contributed by atoms with Gasteiger partial charge in [0, 0.05) is 18.6 Å². The molecule has 9 heteroatoms. The molecule has 136 valence electrons. The molecule has 0 aliphatic rings. The van der Waals surface area contributed by atoms with Crippen LogP contribution in [0.1, 0.15) is 26.6 Å². The van der Waals surface area contributed by atoms with Gasteiger partial charge in [0.15, 0.2) is 0 Å². The summed E-state index contributed by atoms with van der Waals surface area (Å²) in [5, 5.41) is 11.1. The highest BCUT2D eigenvalue weighted by Crippen LogP contribution is 2.27. The van der Waals surface area contributed by atoms with Crippen molar-refractivity contribution in [1.82, 2.24) is 9.55 Å². The second-order valence-corrected chi connectivity index (χ2v) is 6.82. The summed E-state index contributed by atoms with van der Waals surface area (Å²) in [5.74, 6) is 2.23. The Labute approximate surface area is 157 Å². The summed E-state index contributed by atoms with van der Waals surface area (Å²) >= 11 is 1.06. The van der Waals surface area contributed by atoms with Crippen molar-refractivity contribution in [3.63, 3.8) is 0 Å². The lowest BCUT2D eigenvalue weighted by Crippen LogP contribution is -2.25. The maximum atomic E-state index is 12.9. The van der Waals surface area contributed by atoms with E-state index >= 15 is 0 Å². The molecular weight excluding hydrogens is 368 g/mol. The Balaban J connectivity index is 2.15. The maximum absolute atomic E-state index is 12.9. The highest BCUT2D eigenvalue weighted by molar-refractivity contribution is 7.20. The third kappa shape index (κ3) is 3.30. The zero-order chi connectivity index (χ0) is 19.7. The van der Waals surface area contributed by atoms with Crippen LogP contribution >= 0.6 is 11.3 Å². The number of nitrogens with two attached hydrogens (primary N) is 1. The van der Waals surface area contributed by atoms with Crippen LogP contribution in [0, 0.1) is 29.4 Å². The number of amides is 1. The van der Waals surface area contributed by atoms with Gasteiger partial charge in [0.05, 0.1) is 21.7 Å². The first kappa shape index (κ1) is 18.3. The molecule has 2 heterocycles. The minimum atomic E-state index is -0.615. The number of non-ortho nitro benzene ring substituents is 1. The van der Waals surface area contributed by atoms with Crippen molar-refractivity contribution >= 4 is 33.1 Å². The number of rotatable bonds is 5. The average molecular weight is 382 g/mol. The fourth-order valence-electron chi connectivity index (χ4n) is 2.80. The highest BCUT2D eigenvalue weighted by Gasteiger charge is 2.20. The van der Waals surface area contributed by atoms with E-state index in [0.717, 1.165) is 16.9 Å². The van der Waals surface area contributed by atoms with Gasteiger partial charge in [-0.2, -0.15) is 0 Å². The largest absolute Gasteiger partial charge is 0.365 e. The first-order chi connectivity index (χ1) is 12.8. The predicted octanol–water partition coefficient (Wildman–Crippen LogP) is 2.00. The SMILES string of the molecule is C#CCn1c(Cc2ccc([N+](=O)[O-])cc2)nc2sc(C(N)=O)c(C)c2c1=O. The Kier molecular flexibility index (Phi) is 4.75. The van der Waals surface area contributed by atoms with E-state index in [2.05, 4.69) is 10.9 Å². The molecule has 0 unspecified atom stereocenters. The predicted molar refractivity (Wildman–Crippen MR) is 102 cm³/mol. The van der Waals surface area contributed by atoms with E-state index in [4.69, 9.17) is 12.2 Å². The smallest absolute Gasteiger partial charge is 0.269 e. The van der Waals surface area contributed by atoms with Gasteiger partial charge in [-0.25, -0.2) is 4.98 Å². The minimum Gasteiger partial charge on any atom is -0.365 e. The van der Waals surface area contributed by atoms with Crippen molar-refractivity contribution in [2.45, 2.75) is 19.9 Å². The molecule has 0 atom stereocenters. The average Bonchev–Trinajstić information content (AvgIpc) is 2.95. The van der Waals surface area contributed by atoms with Crippen LogP contribution in [0.5, 0.6) is 0 Å². The normalized spacial score (nSPS) is 10.7. The number of primary amides is 1. The number of hydrogen-bond donors (Lipinski definition) is 1. The minimum absolute atomic E-state index is 0.0191. The van der Waals surface area contributed by atoms with Gasteiger partial charge in [-0.3, -0.25) is 24.3 Å². The molecule has 1 amide bonds. The molecule has 2 N–H and O–H groups in total. The summed E-state index contributed by atoms with van der Waals surface area (Å²) < 4.78 is 1.37. The van der Waals surface area contributed by atoms with Gasteiger partial charge < -0.3 is 5.73 Å². The van der Waals surface area contributed by atoms with E-state index in [0.29, 0.717) is 21.6 Å². The molecule has 27 heavy (non-hydrogen) atoms. The number of terminal acetylenes is 1. The molecule has 0 saturated heterocycles. The number of aromatic nitrogens is 2. The Morgan fingerprint density at radius 1 is 1.41 bits per heavy atom. The molecule has 0 fully saturated rings. The standard InChI is InChI=1S/C18H14N4O4S/c1-3-8-21-13(9-11-4-6-12(7-5-11)22(25)26)20-17-14(18(21)24)10(2)15(27-17)16(19)23/h1,4-7H,8-9H2,2H3,(H2,19,23). The number of nitrogens with zero attached hydrogens (tertiary/aromatic N) is 3. The molecule has 0 radical (unpaired) electrons. The van der Waals surface area contributed by atoms with Gasteiger partial charge in [-0.1, -0.05) is 18.1 Å². The number of aryl methyl sites for hydroxylation is 1. The molecule has 0 aliphatic heterocycles. The quantitative estimate of drug-likeness (QED) is 0.411. The third-order valence-corrected chi connectivity index (χ3v) is 5.31. The number of hydrogen-bond acceptors (Lipinski definition) is 6. The molecule has 3 aromatic rings. The number of carbonyl (C=O) groups excluding carboxylic acids is 1. The summed E-state index contributed by atoms with van der Waals surface area (Å²) in [5.41, 5.74) is 6.24. The number of carbonyl (C=O) groups is 1. The Morgan fingerprint density at radius 2 is 2.07 bits per heavy atom. The Morgan fingerprint density at radius 3 is 2.63 bits per heavy atom. The van der Waals surface area contributed by atoms with E-state index in [-0.39, 0.29) is 29.1 Å². The molecule has 2 aromatic heterocycles. The topological polar surface area (TPSA) is 121 Å². The van der Waals surface area contributed by atoms with Gasteiger partial charge in [0.25, 0.3) is 17.2 Å². The van der Waals surface area contributed by atoms with E-state index in [1.54, 1.807) is 19.1 Å². The molecule has 0 saturated carbocycles. The fraction of sp³-hybridized carbons (Fsp3) is 0.167. The van der Waals surface area contributed by atoms with Crippen molar-refractivity contribution in [2.75, 3.05) is 0 Å². The van der Waals surface area contributed by atoms with Gasteiger partial charge in [-0.05, 0) is 18.1 Å². The van der Waals surface area contributed by atoms with E-state index in [1.807, 2.05) is 0 Å². The summed E-state index contributed by atoms with van der Waals surface area (Å²) in [6.07, 6.45) is 5.65. The Hall–Kier alpha value is -3.51. The van der Waals surface area contributed by atoms with Crippen LogP contribution in [0.25, 0.3) is 10.2 Å². The number of benzene rings is 1. The van der Waals surface area contributed by atoms with Crippen molar-refractivity contribution in [3.05, 3.63) is 66.6 Å². The second kappa shape index (κ2) is 7.01.